The smallest absolute Gasteiger partial charge is 0.324 e. The molecule has 1 saturated heterocycles. The van der Waals surface area contributed by atoms with Crippen molar-refractivity contribution in [2.24, 2.45) is 5.92 Å². The molecular formula is C15H28N2O3Si. The van der Waals surface area contributed by atoms with Gasteiger partial charge >= 0.3 is 6.03 Å². The summed E-state index contributed by atoms with van der Waals surface area (Å²) in [5.41, 5.74) is 0. The van der Waals surface area contributed by atoms with Crippen LogP contribution in [0.2, 0.25) is 18.1 Å². The van der Waals surface area contributed by atoms with Gasteiger partial charge < -0.3 is 9.74 Å². The fourth-order valence-electron chi connectivity index (χ4n) is 1.96. The Balaban J connectivity index is 2.56. The maximum absolute atomic E-state index is 12.1. The molecule has 21 heavy (non-hydrogen) atoms. The van der Waals surface area contributed by atoms with Gasteiger partial charge in [-0.3, -0.25) is 9.69 Å². The van der Waals surface area contributed by atoms with E-state index in [1.165, 1.54) is 4.90 Å². The molecular weight excluding hydrogens is 284 g/mol. The van der Waals surface area contributed by atoms with E-state index < -0.39 is 8.32 Å². The average Bonchev–Trinajstić information content (AvgIpc) is 2.32. The lowest BCUT2D eigenvalue weighted by atomic mass is 9.94. The van der Waals surface area contributed by atoms with Crippen molar-refractivity contribution in [1.82, 2.24) is 10.2 Å². The van der Waals surface area contributed by atoms with Crippen LogP contribution in [-0.2, 0) is 9.22 Å². The van der Waals surface area contributed by atoms with Crippen molar-refractivity contribution in [2.75, 3.05) is 13.1 Å². The second-order valence-electron chi connectivity index (χ2n) is 7.11. The summed E-state index contributed by atoms with van der Waals surface area (Å²) >= 11 is 0. The van der Waals surface area contributed by atoms with Gasteiger partial charge in [0.25, 0.3) is 0 Å². The molecule has 0 aliphatic carbocycles. The van der Waals surface area contributed by atoms with Gasteiger partial charge in [-0.05, 0) is 25.1 Å². The molecule has 1 aliphatic rings. The van der Waals surface area contributed by atoms with Crippen LogP contribution in [0.1, 0.15) is 27.7 Å². The number of β-lactam (4-membered cyclic amide) rings is 1. The Bertz CT molecular complexity index is 429. The minimum absolute atomic E-state index is 0.106. The largest absolute Gasteiger partial charge is 0.413 e. The molecule has 0 spiro atoms. The van der Waals surface area contributed by atoms with Crippen molar-refractivity contribution in [3.8, 4) is 0 Å². The van der Waals surface area contributed by atoms with Crippen LogP contribution in [0.25, 0.3) is 0 Å². The third-order valence-electron chi connectivity index (χ3n) is 4.46. The number of carbonyl (C=O) groups excluding carboxylic acids is 2. The molecule has 0 bridgehead atoms. The molecule has 0 unspecified atom stereocenters. The maximum Gasteiger partial charge on any atom is 0.324 e. The Labute approximate surface area is 128 Å². The summed E-state index contributed by atoms with van der Waals surface area (Å²) in [5.74, 6) is -0.364. The Morgan fingerprint density at radius 3 is 2.57 bits per heavy atom. The summed E-state index contributed by atoms with van der Waals surface area (Å²) in [6, 6.07) is -0.351. The third kappa shape index (κ3) is 3.94. The van der Waals surface area contributed by atoms with E-state index in [0.29, 0.717) is 13.1 Å². The van der Waals surface area contributed by atoms with E-state index >= 15 is 0 Å². The molecule has 1 rings (SSSR count). The molecule has 120 valence electrons. The van der Waals surface area contributed by atoms with Crippen molar-refractivity contribution in [1.29, 1.82) is 0 Å². The van der Waals surface area contributed by atoms with Crippen molar-refractivity contribution in [3.05, 3.63) is 12.7 Å². The first kappa shape index (κ1) is 17.9. The molecule has 5 nitrogen and oxygen atoms in total. The zero-order valence-corrected chi connectivity index (χ0v) is 15.0. The normalized spacial score (nSPS) is 20.8. The number of nitrogens with one attached hydrogen (secondary N) is 1. The molecule has 2 atom stereocenters. The molecule has 1 heterocycles. The van der Waals surface area contributed by atoms with Crippen molar-refractivity contribution in [3.63, 3.8) is 0 Å². The zero-order valence-electron chi connectivity index (χ0n) is 14.0. The number of urea groups is 1. The van der Waals surface area contributed by atoms with Gasteiger partial charge in [0.05, 0.1) is 12.0 Å². The number of nitrogens with zero attached hydrogens (tertiary/aromatic N) is 1. The van der Waals surface area contributed by atoms with Crippen LogP contribution in [0.4, 0.5) is 4.79 Å². The molecule has 0 saturated carbocycles. The summed E-state index contributed by atoms with van der Waals surface area (Å²) in [6.07, 6.45) is 1.44. The fraction of sp³-hybridized carbons (Fsp3) is 0.733. The Hall–Kier alpha value is -1.14. The molecule has 0 radical (unpaired) electrons. The van der Waals surface area contributed by atoms with E-state index in [0.717, 1.165) is 0 Å². The maximum atomic E-state index is 12.1. The molecule has 3 amide bonds. The summed E-state index contributed by atoms with van der Waals surface area (Å²) in [7, 11) is -1.90. The van der Waals surface area contributed by atoms with E-state index in [1.807, 2.05) is 6.92 Å². The topological polar surface area (TPSA) is 58.6 Å². The van der Waals surface area contributed by atoms with E-state index in [9.17, 15) is 9.59 Å². The number of amides is 3. The summed E-state index contributed by atoms with van der Waals surface area (Å²) in [6.45, 7) is 17.1. The minimum Gasteiger partial charge on any atom is -0.413 e. The van der Waals surface area contributed by atoms with Gasteiger partial charge in [0, 0.05) is 13.1 Å². The second-order valence-corrected chi connectivity index (χ2v) is 11.9. The first-order valence-electron chi connectivity index (χ1n) is 7.39. The standard InChI is InChI=1S/C15H28N2O3Si/c1-8-9-16-14(19)17-10-12(13(17)18)11(2)20-21(6,7)15(3,4)5/h8,11-12H,1,9-10H2,2-7H3,(H,16,19)/t11-,12+/m1/s1. The SMILES string of the molecule is C=CCNC(=O)N1C[C@@H]([C@@H](C)O[Si](C)(C)C(C)(C)C)C1=O. The van der Waals surface area contributed by atoms with E-state index in [2.05, 4.69) is 45.8 Å². The lowest BCUT2D eigenvalue weighted by Gasteiger charge is -2.44. The molecule has 1 N–H and O–H groups in total. The highest BCUT2D eigenvalue weighted by Gasteiger charge is 2.47. The van der Waals surface area contributed by atoms with Crippen LogP contribution >= 0.6 is 0 Å². The molecule has 0 aromatic carbocycles. The number of imide groups is 1. The second kappa shape index (κ2) is 6.32. The van der Waals surface area contributed by atoms with Gasteiger partial charge in [-0.15, -0.1) is 6.58 Å². The van der Waals surface area contributed by atoms with E-state index in [1.54, 1.807) is 6.08 Å². The van der Waals surface area contributed by atoms with Crippen molar-refractivity contribution in [2.45, 2.75) is 51.9 Å². The molecule has 1 fully saturated rings. The van der Waals surface area contributed by atoms with Gasteiger partial charge in [-0.1, -0.05) is 26.8 Å². The molecule has 0 aromatic heterocycles. The van der Waals surface area contributed by atoms with Gasteiger partial charge in [0.1, 0.15) is 0 Å². The minimum atomic E-state index is -1.90. The fourth-order valence-corrected chi connectivity index (χ4v) is 3.41. The molecule has 6 heteroatoms. The van der Waals surface area contributed by atoms with Gasteiger partial charge in [0.2, 0.25) is 5.91 Å². The Kier molecular flexibility index (Phi) is 5.39. The van der Waals surface area contributed by atoms with E-state index in [4.69, 9.17) is 4.43 Å². The van der Waals surface area contributed by atoms with Gasteiger partial charge in [-0.25, -0.2) is 4.79 Å². The number of carbonyl (C=O) groups is 2. The van der Waals surface area contributed by atoms with Crippen molar-refractivity contribution < 1.29 is 14.0 Å². The van der Waals surface area contributed by atoms with Crippen molar-refractivity contribution >= 4 is 20.3 Å². The summed E-state index contributed by atoms with van der Waals surface area (Å²) < 4.78 is 6.23. The monoisotopic (exact) mass is 312 g/mol. The zero-order chi connectivity index (χ0) is 16.4. The summed E-state index contributed by atoms with van der Waals surface area (Å²) in [4.78, 5) is 25.1. The van der Waals surface area contributed by atoms with Crippen LogP contribution in [-0.4, -0.2) is 44.3 Å². The predicted octanol–water partition coefficient (Wildman–Crippen LogP) is 2.75. The Morgan fingerprint density at radius 1 is 1.57 bits per heavy atom. The highest BCUT2D eigenvalue weighted by Crippen LogP contribution is 2.39. The Morgan fingerprint density at radius 2 is 2.14 bits per heavy atom. The lowest BCUT2D eigenvalue weighted by molar-refractivity contribution is -0.147. The van der Waals surface area contributed by atoms with E-state index in [-0.39, 0.29) is 29.0 Å². The highest BCUT2D eigenvalue weighted by atomic mass is 28.4. The number of likely N-dealkylation sites (tertiary alicyclic amines) is 1. The van der Waals surface area contributed by atoms with Gasteiger partial charge in [0.15, 0.2) is 8.32 Å². The quantitative estimate of drug-likeness (QED) is 0.482. The van der Waals surface area contributed by atoms with Gasteiger partial charge in [-0.2, -0.15) is 0 Å². The summed E-state index contributed by atoms with van der Waals surface area (Å²) in [5, 5.41) is 2.72. The van der Waals surface area contributed by atoms with Crippen LogP contribution < -0.4 is 5.32 Å². The first-order chi connectivity index (χ1) is 9.51. The predicted molar refractivity (Wildman–Crippen MR) is 86.5 cm³/mol. The molecule has 0 aromatic rings. The average molecular weight is 312 g/mol. The number of rotatable bonds is 5. The first-order valence-corrected chi connectivity index (χ1v) is 10.3. The number of hydrogen-bond acceptors (Lipinski definition) is 3. The van der Waals surface area contributed by atoms with Crippen LogP contribution in [0, 0.1) is 5.92 Å². The van der Waals surface area contributed by atoms with Crippen LogP contribution in [0.3, 0.4) is 0 Å². The van der Waals surface area contributed by atoms with Crippen LogP contribution in [0.5, 0.6) is 0 Å². The highest BCUT2D eigenvalue weighted by molar-refractivity contribution is 6.74. The third-order valence-corrected chi connectivity index (χ3v) is 9.03. The lowest BCUT2D eigenvalue weighted by Crippen LogP contribution is -2.62. The molecule has 1 aliphatic heterocycles. The van der Waals surface area contributed by atoms with Crippen LogP contribution in [0.15, 0.2) is 12.7 Å². The number of hydrogen-bond donors (Lipinski definition) is 1.